The fourth-order valence-electron chi connectivity index (χ4n) is 2.97. The molecule has 2 aromatic rings. The molecule has 0 bridgehead atoms. The second-order valence-electron chi connectivity index (χ2n) is 6.01. The Bertz CT molecular complexity index is 704. The largest absolute Gasteiger partial charge is 0.383 e. The van der Waals surface area contributed by atoms with Crippen molar-refractivity contribution < 1.29 is 9.13 Å². The predicted octanol–water partition coefficient (Wildman–Crippen LogP) is 4.58. The molecule has 0 aliphatic carbocycles. The highest BCUT2D eigenvalue weighted by atomic mass is 35.5. The summed E-state index contributed by atoms with van der Waals surface area (Å²) in [5.74, 6) is -0.311. The van der Waals surface area contributed by atoms with E-state index in [0.29, 0.717) is 21.6 Å². The molecule has 0 radical (unpaired) electrons. The lowest BCUT2D eigenvalue weighted by atomic mass is 10.2. The summed E-state index contributed by atoms with van der Waals surface area (Å²) in [6, 6.07) is 3.52. The number of nitrogens with one attached hydrogen (secondary N) is 2. The minimum Gasteiger partial charge on any atom is -0.383 e. The summed E-state index contributed by atoms with van der Waals surface area (Å²) in [4.78, 5) is 6.96. The quantitative estimate of drug-likeness (QED) is 0.583. The molecule has 1 fully saturated rings. The molecule has 9 heteroatoms. The fraction of sp³-hybridized carbons (Fsp3) is 0.471. The Hall–Kier alpha value is -1.06. The summed E-state index contributed by atoms with van der Waals surface area (Å²) < 4.78 is 22.6. The van der Waals surface area contributed by atoms with Gasteiger partial charge in [0.05, 0.1) is 22.2 Å². The summed E-state index contributed by atoms with van der Waals surface area (Å²) in [6.07, 6.45) is 4.00. The minimum atomic E-state index is -0.311. The van der Waals surface area contributed by atoms with E-state index in [1.807, 2.05) is 5.38 Å². The Morgan fingerprint density at radius 1 is 1.50 bits per heavy atom. The summed E-state index contributed by atoms with van der Waals surface area (Å²) in [6.45, 7) is 3.47. The number of hydrogen-bond acceptors (Lipinski definition) is 7. The number of anilines is 2. The van der Waals surface area contributed by atoms with Crippen molar-refractivity contribution in [3.8, 4) is 0 Å². The van der Waals surface area contributed by atoms with Crippen LogP contribution in [0.2, 0.25) is 5.02 Å². The van der Waals surface area contributed by atoms with Crippen molar-refractivity contribution in [2.24, 2.45) is 0 Å². The number of benzene rings is 1. The van der Waals surface area contributed by atoms with Crippen LogP contribution in [0.3, 0.4) is 0 Å². The van der Waals surface area contributed by atoms with Crippen LogP contribution in [0, 0.1) is 5.82 Å². The van der Waals surface area contributed by atoms with Crippen molar-refractivity contribution >= 4 is 45.7 Å². The first-order chi connectivity index (χ1) is 12.7. The first-order valence-corrected chi connectivity index (χ1v) is 10.5. The Balaban J connectivity index is 1.57. The molecule has 3 rings (SSSR count). The predicted molar refractivity (Wildman–Crippen MR) is 108 cm³/mol. The number of thiazole rings is 1. The lowest BCUT2D eigenvalue weighted by Crippen LogP contribution is -2.37. The van der Waals surface area contributed by atoms with Gasteiger partial charge in [-0.2, -0.15) is 0 Å². The van der Waals surface area contributed by atoms with Crippen molar-refractivity contribution in [2.45, 2.75) is 23.8 Å². The third kappa shape index (κ3) is 5.23. The van der Waals surface area contributed by atoms with E-state index in [9.17, 15) is 4.39 Å². The molecular weight excluding hydrogens is 395 g/mol. The van der Waals surface area contributed by atoms with E-state index in [2.05, 4.69) is 19.9 Å². The summed E-state index contributed by atoms with van der Waals surface area (Å²) >= 11 is 8.98. The van der Waals surface area contributed by atoms with Gasteiger partial charge in [-0.1, -0.05) is 11.6 Å². The van der Waals surface area contributed by atoms with E-state index in [0.717, 1.165) is 37.8 Å². The number of ether oxygens (including phenoxy) is 1. The molecular formula is C17H22ClFN4OS2. The van der Waals surface area contributed by atoms with Crippen molar-refractivity contribution in [1.82, 2.24) is 9.88 Å². The van der Waals surface area contributed by atoms with Gasteiger partial charge >= 0.3 is 0 Å². The smallest absolute Gasteiger partial charge is 0.192 e. The van der Waals surface area contributed by atoms with Gasteiger partial charge < -0.3 is 14.8 Å². The maximum atomic E-state index is 14.4. The van der Waals surface area contributed by atoms with Crippen LogP contribution >= 0.6 is 34.9 Å². The van der Waals surface area contributed by atoms with Crippen LogP contribution in [0.5, 0.6) is 0 Å². The third-order valence-corrected chi connectivity index (χ3v) is 6.27. The van der Waals surface area contributed by atoms with Crippen LogP contribution in [-0.4, -0.2) is 49.3 Å². The Labute approximate surface area is 166 Å². The molecule has 1 aromatic heterocycles. The van der Waals surface area contributed by atoms with Gasteiger partial charge in [0.25, 0.3) is 0 Å². The van der Waals surface area contributed by atoms with E-state index in [4.69, 9.17) is 16.3 Å². The van der Waals surface area contributed by atoms with Gasteiger partial charge in [-0.15, -0.1) is 11.3 Å². The molecule has 0 amide bonds. The molecule has 1 aliphatic rings. The van der Waals surface area contributed by atoms with Crippen molar-refractivity contribution in [2.75, 3.05) is 43.4 Å². The number of methoxy groups -OCH3 is 1. The van der Waals surface area contributed by atoms with Crippen LogP contribution < -0.4 is 10.0 Å². The SMILES string of the molecule is COCCN1CCCC1CNc1cc(F)c(SNc2nccs2)cc1Cl. The second-order valence-corrected chi connectivity index (χ2v) is 8.16. The summed E-state index contributed by atoms with van der Waals surface area (Å²) in [5, 5.41) is 6.40. The third-order valence-electron chi connectivity index (χ3n) is 4.31. The minimum absolute atomic E-state index is 0.311. The molecule has 0 saturated carbocycles. The average Bonchev–Trinajstić information content (AvgIpc) is 3.30. The van der Waals surface area contributed by atoms with E-state index < -0.39 is 0 Å². The maximum absolute atomic E-state index is 14.4. The van der Waals surface area contributed by atoms with Gasteiger partial charge in [-0.25, -0.2) is 9.37 Å². The molecule has 142 valence electrons. The van der Waals surface area contributed by atoms with Crippen LogP contribution in [0.15, 0.2) is 28.6 Å². The molecule has 1 atom stereocenters. The molecule has 1 aromatic carbocycles. The molecule has 26 heavy (non-hydrogen) atoms. The van der Waals surface area contributed by atoms with E-state index in [-0.39, 0.29) is 5.82 Å². The number of likely N-dealkylation sites (tertiary alicyclic amines) is 1. The average molecular weight is 417 g/mol. The monoisotopic (exact) mass is 416 g/mol. The van der Waals surface area contributed by atoms with Gasteiger partial charge in [0.15, 0.2) is 5.13 Å². The van der Waals surface area contributed by atoms with Gasteiger partial charge in [0, 0.05) is 37.8 Å². The lowest BCUT2D eigenvalue weighted by Gasteiger charge is -2.25. The molecule has 2 heterocycles. The Morgan fingerprint density at radius 3 is 3.15 bits per heavy atom. The van der Waals surface area contributed by atoms with Gasteiger partial charge in [-0.3, -0.25) is 4.90 Å². The Morgan fingerprint density at radius 2 is 2.38 bits per heavy atom. The van der Waals surface area contributed by atoms with E-state index >= 15 is 0 Å². The van der Waals surface area contributed by atoms with Crippen LogP contribution in [0.25, 0.3) is 0 Å². The normalized spacial score (nSPS) is 17.6. The van der Waals surface area contributed by atoms with Gasteiger partial charge in [0.1, 0.15) is 5.82 Å². The zero-order valence-electron chi connectivity index (χ0n) is 14.5. The number of aromatic nitrogens is 1. The molecule has 0 spiro atoms. The number of halogens is 2. The molecule has 1 saturated heterocycles. The van der Waals surface area contributed by atoms with Gasteiger partial charge in [-0.05, 0) is 43.5 Å². The highest BCUT2D eigenvalue weighted by Crippen LogP contribution is 2.32. The number of hydrogen-bond donors (Lipinski definition) is 2. The second kappa shape index (κ2) is 9.75. The lowest BCUT2D eigenvalue weighted by molar-refractivity contribution is 0.143. The fourth-order valence-corrected chi connectivity index (χ4v) is 4.54. The van der Waals surface area contributed by atoms with Gasteiger partial charge in [0.2, 0.25) is 0 Å². The van der Waals surface area contributed by atoms with Crippen LogP contribution in [-0.2, 0) is 4.74 Å². The van der Waals surface area contributed by atoms with Crippen LogP contribution in [0.4, 0.5) is 15.2 Å². The zero-order chi connectivity index (χ0) is 18.4. The van der Waals surface area contributed by atoms with E-state index in [1.165, 1.54) is 35.8 Å². The molecule has 1 unspecified atom stereocenters. The van der Waals surface area contributed by atoms with E-state index in [1.54, 1.807) is 19.4 Å². The van der Waals surface area contributed by atoms with Crippen LogP contribution in [0.1, 0.15) is 12.8 Å². The highest BCUT2D eigenvalue weighted by molar-refractivity contribution is 8.00. The molecule has 2 N–H and O–H groups in total. The number of rotatable bonds is 9. The first-order valence-electron chi connectivity index (χ1n) is 8.45. The summed E-state index contributed by atoms with van der Waals surface area (Å²) in [5.41, 5.74) is 0.626. The maximum Gasteiger partial charge on any atom is 0.192 e. The molecule has 5 nitrogen and oxygen atoms in total. The number of nitrogens with zero attached hydrogens (tertiary/aromatic N) is 2. The highest BCUT2D eigenvalue weighted by Gasteiger charge is 2.24. The topological polar surface area (TPSA) is 49.4 Å². The first kappa shape index (κ1) is 19.7. The van der Waals surface area contributed by atoms with Crippen molar-refractivity contribution in [1.29, 1.82) is 0 Å². The molecule has 1 aliphatic heterocycles. The van der Waals surface area contributed by atoms with Crippen molar-refractivity contribution in [3.05, 3.63) is 34.5 Å². The zero-order valence-corrected chi connectivity index (χ0v) is 16.9. The summed E-state index contributed by atoms with van der Waals surface area (Å²) in [7, 11) is 1.72. The standard InChI is InChI=1S/C17H22ClFN4OS2/c1-24-7-6-23-5-2-3-12(23)11-21-15-10-14(19)16(9-13(15)18)26-22-17-20-4-8-25-17/h4,8-10,12,21H,2-3,5-7,11H2,1H3,(H,20,22). The van der Waals surface area contributed by atoms with Crippen molar-refractivity contribution in [3.63, 3.8) is 0 Å². The Kier molecular flexibility index (Phi) is 7.39.